The van der Waals surface area contributed by atoms with Crippen LogP contribution < -0.4 is 14.8 Å². The average molecular weight is 340 g/mol. The van der Waals surface area contributed by atoms with Gasteiger partial charge in [0.15, 0.2) is 17.3 Å². The minimum Gasteiger partial charge on any atom is -0.486 e. The minimum atomic E-state index is -0.391. The van der Waals surface area contributed by atoms with Gasteiger partial charge in [0, 0.05) is 17.3 Å². The van der Waals surface area contributed by atoms with E-state index in [2.05, 4.69) is 10.5 Å². The number of rotatable bonds is 3. The Labute approximate surface area is 142 Å². The third kappa shape index (κ3) is 3.03. The van der Waals surface area contributed by atoms with Gasteiger partial charge in [-0.1, -0.05) is 5.16 Å². The molecule has 2 aromatic carbocycles. The van der Waals surface area contributed by atoms with E-state index >= 15 is 0 Å². The van der Waals surface area contributed by atoms with Gasteiger partial charge in [-0.25, -0.2) is 4.39 Å². The number of nitrogens with one attached hydrogen (secondary N) is 1. The number of fused-ring (bicyclic) bond motifs is 1. The molecule has 1 N–H and O–H groups in total. The monoisotopic (exact) mass is 340 g/mol. The Bertz CT molecular complexity index is 921. The van der Waals surface area contributed by atoms with E-state index in [-0.39, 0.29) is 17.1 Å². The topological polar surface area (TPSA) is 73.6 Å². The van der Waals surface area contributed by atoms with Crippen molar-refractivity contribution < 1.29 is 23.2 Å². The van der Waals surface area contributed by atoms with Crippen molar-refractivity contribution in [1.82, 2.24) is 5.16 Å². The summed E-state index contributed by atoms with van der Waals surface area (Å²) in [4.78, 5) is 12.5. The standard InChI is InChI=1S/C18H13FN2O4/c19-12-3-1-11(2-4-12)17-14(10-20-25-17)18(22)21-13-5-6-15-16(9-13)24-8-7-23-15/h1-6,9-10H,7-8H2,(H,21,22). The number of ether oxygens (including phenoxy) is 2. The van der Waals surface area contributed by atoms with Crippen LogP contribution in [0.15, 0.2) is 53.2 Å². The molecule has 7 heteroatoms. The molecule has 0 spiro atoms. The van der Waals surface area contributed by atoms with Crippen LogP contribution in [0.2, 0.25) is 0 Å². The normalized spacial score (nSPS) is 12.7. The molecule has 0 unspecified atom stereocenters. The molecule has 0 atom stereocenters. The number of nitrogens with zero attached hydrogens (tertiary/aromatic N) is 1. The molecule has 1 aromatic heterocycles. The van der Waals surface area contributed by atoms with Crippen LogP contribution in [-0.2, 0) is 0 Å². The van der Waals surface area contributed by atoms with Gasteiger partial charge in [0.05, 0.1) is 6.20 Å². The molecule has 4 rings (SSSR count). The summed E-state index contributed by atoms with van der Waals surface area (Å²) < 4.78 is 29.2. The van der Waals surface area contributed by atoms with Crippen molar-refractivity contribution in [3.05, 3.63) is 60.0 Å². The highest BCUT2D eigenvalue weighted by atomic mass is 19.1. The third-order valence-corrected chi connectivity index (χ3v) is 3.72. The van der Waals surface area contributed by atoms with Crippen molar-refractivity contribution in [2.24, 2.45) is 0 Å². The first-order valence-electron chi connectivity index (χ1n) is 7.62. The highest BCUT2D eigenvalue weighted by Gasteiger charge is 2.19. The first-order chi connectivity index (χ1) is 12.2. The summed E-state index contributed by atoms with van der Waals surface area (Å²) in [5.74, 6) is 0.729. The lowest BCUT2D eigenvalue weighted by atomic mass is 10.1. The molecule has 1 aliphatic rings. The van der Waals surface area contributed by atoms with E-state index < -0.39 is 5.91 Å². The molecule has 0 aliphatic carbocycles. The smallest absolute Gasteiger partial charge is 0.261 e. The van der Waals surface area contributed by atoms with Crippen LogP contribution in [-0.4, -0.2) is 24.3 Å². The second-order valence-electron chi connectivity index (χ2n) is 5.39. The maximum Gasteiger partial charge on any atom is 0.261 e. The van der Waals surface area contributed by atoms with Gasteiger partial charge in [0.2, 0.25) is 0 Å². The molecule has 0 saturated carbocycles. The van der Waals surface area contributed by atoms with E-state index in [0.29, 0.717) is 36.0 Å². The fourth-order valence-corrected chi connectivity index (χ4v) is 2.53. The maximum atomic E-state index is 13.1. The predicted molar refractivity (Wildman–Crippen MR) is 87.3 cm³/mol. The number of carbonyl (C=O) groups is 1. The van der Waals surface area contributed by atoms with Gasteiger partial charge in [-0.3, -0.25) is 4.79 Å². The van der Waals surface area contributed by atoms with Gasteiger partial charge in [-0.15, -0.1) is 0 Å². The molecule has 1 aliphatic heterocycles. The van der Waals surface area contributed by atoms with Gasteiger partial charge in [-0.2, -0.15) is 0 Å². The molecule has 126 valence electrons. The van der Waals surface area contributed by atoms with Crippen LogP contribution in [0.3, 0.4) is 0 Å². The number of aromatic nitrogens is 1. The molecule has 0 fully saturated rings. The van der Waals surface area contributed by atoms with Crippen molar-refractivity contribution in [1.29, 1.82) is 0 Å². The van der Waals surface area contributed by atoms with E-state index in [1.165, 1.54) is 30.5 Å². The summed E-state index contributed by atoms with van der Waals surface area (Å²) >= 11 is 0. The Balaban J connectivity index is 1.58. The number of carbonyl (C=O) groups excluding carboxylic acids is 1. The summed E-state index contributed by atoms with van der Waals surface area (Å²) in [6.07, 6.45) is 1.33. The molecule has 1 amide bonds. The minimum absolute atomic E-state index is 0.251. The van der Waals surface area contributed by atoms with Crippen LogP contribution in [0.4, 0.5) is 10.1 Å². The Kier molecular flexibility index (Phi) is 3.81. The average Bonchev–Trinajstić information content (AvgIpc) is 3.12. The van der Waals surface area contributed by atoms with Crippen LogP contribution in [0, 0.1) is 5.82 Å². The molecule has 2 heterocycles. The zero-order chi connectivity index (χ0) is 17.2. The summed E-state index contributed by atoms with van der Waals surface area (Å²) in [6.45, 7) is 0.963. The molecule has 0 radical (unpaired) electrons. The number of hydrogen-bond acceptors (Lipinski definition) is 5. The van der Waals surface area contributed by atoms with E-state index in [9.17, 15) is 9.18 Å². The van der Waals surface area contributed by atoms with Crippen LogP contribution >= 0.6 is 0 Å². The zero-order valence-corrected chi connectivity index (χ0v) is 13.0. The molecular formula is C18H13FN2O4. The van der Waals surface area contributed by atoms with Crippen molar-refractivity contribution in [3.8, 4) is 22.8 Å². The number of anilines is 1. The zero-order valence-electron chi connectivity index (χ0n) is 13.0. The van der Waals surface area contributed by atoms with Gasteiger partial charge in [0.25, 0.3) is 5.91 Å². The Hall–Kier alpha value is -3.35. The van der Waals surface area contributed by atoms with Crippen LogP contribution in [0.5, 0.6) is 11.5 Å². The van der Waals surface area contributed by atoms with Crippen LogP contribution in [0.1, 0.15) is 10.4 Å². The molecule has 0 bridgehead atoms. The summed E-state index contributed by atoms with van der Waals surface area (Å²) in [7, 11) is 0. The highest BCUT2D eigenvalue weighted by molar-refractivity contribution is 6.07. The Morgan fingerprint density at radius 3 is 2.60 bits per heavy atom. The second kappa shape index (κ2) is 6.27. The van der Waals surface area contributed by atoms with Crippen molar-refractivity contribution in [2.45, 2.75) is 0 Å². The van der Waals surface area contributed by atoms with Gasteiger partial charge >= 0.3 is 0 Å². The lowest BCUT2D eigenvalue weighted by Crippen LogP contribution is -2.16. The molecule has 3 aromatic rings. The first-order valence-corrected chi connectivity index (χ1v) is 7.62. The van der Waals surface area contributed by atoms with E-state index in [0.717, 1.165) is 0 Å². The number of benzene rings is 2. The number of hydrogen-bond donors (Lipinski definition) is 1. The van der Waals surface area contributed by atoms with E-state index in [1.54, 1.807) is 18.2 Å². The second-order valence-corrected chi connectivity index (χ2v) is 5.39. The Morgan fingerprint density at radius 2 is 1.80 bits per heavy atom. The maximum absolute atomic E-state index is 13.1. The third-order valence-electron chi connectivity index (χ3n) is 3.72. The first kappa shape index (κ1) is 15.2. The van der Waals surface area contributed by atoms with Gasteiger partial charge in [0.1, 0.15) is 24.6 Å². The van der Waals surface area contributed by atoms with Crippen molar-refractivity contribution in [2.75, 3.05) is 18.5 Å². The fourth-order valence-electron chi connectivity index (χ4n) is 2.53. The summed E-state index contributed by atoms with van der Waals surface area (Å²) in [5.41, 5.74) is 1.37. The van der Waals surface area contributed by atoms with Gasteiger partial charge < -0.3 is 19.3 Å². The Morgan fingerprint density at radius 1 is 1.04 bits per heavy atom. The fraction of sp³-hybridized carbons (Fsp3) is 0.111. The predicted octanol–water partition coefficient (Wildman–Crippen LogP) is 3.50. The summed E-state index contributed by atoms with van der Waals surface area (Å²) in [5, 5.41) is 6.45. The van der Waals surface area contributed by atoms with E-state index in [4.69, 9.17) is 14.0 Å². The van der Waals surface area contributed by atoms with E-state index in [1.807, 2.05) is 0 Å². The van der Waals surface area contributed by atoms with Gasteiger partial charge in [-0.05, 0) is 36.4 Å². The highest BCUT2D eigenvalue weighted by Crippen LogP contribution is 2.33. The van der Waals surface area contributed by atoms with Crippen molar-refractivity contribution >= 4 is 11.6 Å². The molecule has 25 heavy (non-hydrogen) atoms. The van der Waals surface area contributed by atoms with Crippen LogP contribution in [0.25, 0.3) is 11.3 Å². The largest absolute Gasteiger partial charge is 0.486 e. The quantitative estimate of drug-likeness (QED) is 0.790. The lowest BCUT2D eigenvalue weighted by molar-refractivity contribution is 0.102. The lowest BCUT2D eigenvalue weighted by Gasteiger charge is -2.18. The SMILES string of the molecule is O=C(Nc1ccc2c(c1)OCCO2)c1cnoc1-c1ccc(F)cc1. The molecular weight excluding hydrogens is 327 g/mol. The summed E-state index contributed by atoms with van der Waals surface area (Å²) in [6, 6.07) is 10.8. The van der Waals surface area contributed by atoms with Crippen molar-refractivity contribution in [3.63, 3.8) is 0 Å². The molecule has 0 saturated heterocycles. The number of amides is 1. The number of halogens is 1. The molecule has 6 nitrogen and oxygen atoms in total.